The minimum Gasteiger partial charge on any atom is -0.252 e. The second-order valence-corrected chi connectivity index (χ2v) is 6.17. The van der Waals surface area contributed by atoms with Gasteiger partial charge < -0.3 is 0 Å². The van der Waals surface area contributed by atoms with Gasteiger partial charge in [0.25, 0.3) is 0 Å². The van der Waals surface area contributed by atoms with Gasteiger partial charge in [0.15, 0.2) is 0 Å². The molecule has 0 spiro atoms. The zero-order valence-corrected chi connectivity index (χ0v) is 11.7. The number of fused-ring (bicyclic) bond motifs is 1. The molecule has 0 unspecified atom stereocenters. The molecular weight excluding hydrogens is 225 g/mol. The van der Waals surface area contributed by atoms with E-state index < -0.39 is 0 Å². The van der Waals surface area contributed by atoms with E-state index in [2.05, 4.69) is 25.8 Å². The van der Waals surface area contributed by atoms with Crippen LogP contribution in [0.2, 0.25) is 0 Å². The van der Waals surface area contributed by atoms with Crippen LogP contribution in [-0.2, 0) is 5.41 Å². The van der Waals surface area contributed by atoms with Crippen molar-refractivity contribution in [2.75, 3.05) is 0 Å². The van der Waals surface area contributed by atoms with Crippen LogP contribution >= 0.6 is 0 Å². The molecule has 18 heavy (non-hydrogen) atoms. The van der Waals surface area contributed by atoms with Crippen LogP contribution in [0.5, 0.6) is 0 Å². The lowest BCUT2D eigenvalue weighted by atomic mass is 9.91. The van der Waals surface area contributed by atoms with Gasteiger partial charge >= 0.3 is 0 Å². The van der Waals surface area contributed by atoms with Crippen LogP contribution in [0.3, 0.4) is 0 Å². The molecule has 0 amide bonds. The summed E-state index contributed by atoms with van der Waals surface area (Å²) in [7, 11) is 0. The van der Waals surface area contributed by atoms with Gasteiger partial charge in [0, 0.05) is 22.6 Å². The first-order valence-electron chi connectivity index (χ1n) is 6.39. The summed E-state index contributed by atoms with van der Waals surface area (Å²) in [5.74, 6) is 0.0350. The lowest BCUT2D eigenvalue weighted by molar-refractivity contribution is 0.570. The molecule has 2 rings (SSSR count). The van der Waals surface area contributed by atoms with Crippen molar-refractivity contribution in [1.82, 2.24) is 4.98 Å². The third-order valence-electron chi connectivity index (χ3n) is 3.20. The maximum Gasteiger partial charge on any atom is 0.128 e. The summed E-state index contributed by atoms with van der Waals surface area (Å²) in [6.45, 7) is 10.3. The highest BCUT2D eigenvalue weighted by atomic mass is 19.1. The Balaban J connectivity index is 2.63. The van der Waals surface area contributed by atoms with Crippen LogP contribution in [0.4, 0.5) is 4.39 Å². The van der Waals surface area contributed by atoms with E-state index in [1.807, 2.05) is 32.0 Å². The lowest BCUT2D eigenvalue weighted by Crippen LogP contribution is -2.13. The Morgan fingerprint density at radius 3 is 2.33 bits per heavy atom. The Kier molecular flexibility index (Phi) is 3.14. The number of pyridine rings is 1. The van der Waals surface area contributed by atoms with Crippen molar-refractivity contribution < 1.29 is 4.39 Å². The van der Waals surface area contributed by atoms with E-state index in [9.17, 15) is 4.39 Å². The zero-order valence-electron chi connectivity index (χ0n) is 11.7. The Bertz CT molecular complexity index is 579. The van der Waals surface area contributed by atoms with Crippen molar-refractivity contribution in [3.05, 3.63) is 41.3 Å². The molecule has 0 N–H and O–H groups in total. The number of hydrogen-bond donors (Lipinski definition) is 0. The minimum absolute atomic E-state index is 0.0125. The van der Waals surface area contributed by atoms with Crippen molar-refractivity contribution in [2.24, 2.45) is 0 Å². The molecule has 0 radical (unpaired) electrons. The van der Waals surface area contributed by atoms with E-state index >= 15 is 0 Å². The Hall–Kier alpha value is -1.44. The van der Waals surface area contributed by atoms with E-state index in [-0.39, 0.29) is 17.2 Å². The summed E-state index contributed by atoms with van der Waals surface area (Å²) in [6, 6.07) is 7.53. The summed E-state index contributed by atoms with van der Waals surface area (Å²) >= 11 is 0. The second-order valence-electron chi connectivity index (χ2n) is 6.17. The van der Waals surface area contributed by atoms with E-state index in [0.29, 0.717) is 0 Å². The predicted octanol–water partition coefficient (Wildman–Crippen LogP) is 4.79. The molecule has 0 aliphatic heterocycles. The Morgan fingerprint density at radius 1 is 1.11 bits per heavy atom. The smallest absolute Gasteiger partial charge is 0.128 e. The number of aromatic nitrogens is 1. The first kappa shape index (κ1) is 13.0. The molecule has 1 heterocycles. The molecule has 0 aliphatic carbocycles. The highest BCUT2D eigenvalue weighted by Crippen LogP contribution is 2.27. The molecule has 96 valence electrons. The summed E-state index contributed by atoms with van der Waals surface area (Å²) in [5.41, 5.74) is 2.48. The van der Waals surface area contributed by atoms with E-state index in [4.69, 9.17) is 0 Å². The van der Waals surface area contributed by atoms with Crippen LogP contribution in [0.15, 0.2) is 24.3 Å². The van der Waals surface area contributed by atoms with Crippen LogP contribution in [0, 0.1) is 5.82 Å². The molecule has 0 saturated carbocycles. The molecular formula is C16H20FN. The molecule has 1 aromatic carbocycles. The molecule has 2 aromatic rings. The number of benzene rings is 1. The third-order valence-corrected chi connectivity index (χ3v) is 3.20. The van der Waals surface area contributed by atoms with Gasteiger partial charge in [0.2, 0.25) is 0 Å². The number of rotatable bonds is 1. The van der Waals surface area contributed by atoms with Crippen molar-refractivity contribution >= 4 is 10.9 Å². The number of halogens is 1. The summed E-state index contributed by atoms with van der Waals surface area (Å²) in [5, 5.41) is 1.01. The maximum absolute atomic E-state index is 14.0. The van der Waals surface area contributed by atoms with Crippen molar-refractivity contribution in [2.45, 2.75) is 46.0 Å². The molecule has 0 aliphatic rings. The van der Waals surface area contributed by atoms with Gasteiger partial charge in [-0.25, -0.2) is 4.39 Å². The third kappa shape index (κ3) is 2.38. The van der Waals surface area contributed by atoms with Gasteiger partial charge in [-0.1, -0.05) is 40.7 Å². The molecule has 0 saturated heterocycles. The average molecular weight is 245 g/mol. The van der Waals surface area contributed by atoms with Crippen molar-refractivity contribution in [3.8, 4) is 0 Å². The van der Waals surface area contributed by atoms with E-state index in [0.717, 1.165) is 22.2 Å². The van der Waals surface area contributed by atoms with Gasteiger partial charge in [0.05, 0.1) is 5.52 Å². The summed E-state index contributed by atoms with van der Waals surface area (Å²) in [4.78, 5) is 4.57. The molecule has 2 heteroatoms. The average Bonchev–Trinajstić information content (AvgIpc) is 2.25. The summed E-state index contributed by atoms with van der Waals surface area (Å²) < 4.78 is 14.0. The fourth-order valence-corrected chi connectivity index (χ4v) is 2.02. The fraction of sp³-hybridized carbons (Fsp3) is 0.438. The standard InChI is InChI=1S/C16H20FN/c1-10(2)12-8-11-6-7-15(16(3,4)5)18-14(11)9-13(12)17/h6-10H,1-5H3. The van der Waals surface area contributed by atoms with E-state index in [1.165, 1.54) is 0 Å². The lowest BCUT2D eigenvalue weighted by Gasteiger charge is -2.18. The molecule has 0 atom stereocenters. The van der Waals surface area contributed by atoms with Crippen LogP contribution in [0.25, 0.3) is 10.9 Å². The van der Waals surface area contributed by atoms with Crippen molar-refractivity contribution in [1.29, 1.82) is 0 Å². The maximum atomic E-state index is 14.0. The number of nitrogens with zero attached hydrogens (tertiary/aromatic N) is 1. The Morgan fingerprint density at radius 2 is 1.78 bits per heavy atom. The highest BCUT2D eigenvalue weighted by molar-refractivity contribution is 5.80. The van der Waals surface area contributed by atoms with Crippen LogP contribution < -0.4 is 0 Å². The monoisotopic (exact) mass is 245 g/mol. The van der Waals surface area contributed by atoms with Crippen LogP contribution in [-0.4, -0.2) is 4.98 Å². The Labute approximate surface area is 108 Å². The van der Waals surface area contributed by atoms with E-state index in [1.54, 1.807) is 6.07 Å². The SMILES string of the molecule is CC(C)c1cc2ccc(C(C)(C)C)nc2cc1F. The molecule has 0 fully saturated rings. The molecule has 1 nitrogen and oxygen atoms in total. The molecule has 1 aromatic heterocycles. The highest BCUT2D eigenvalue weighted by Gasteiger charge is 2.16. The van der Waals surface area contributed by atoms with Gasteiger partial charge in [-0.15, -0.1) is 0 Å². The molecule has 0 bridgehead atoms. The van der Waals surface area contributed by atoms with Gasteiger partial charge in [0.1, 0.15) is 5.82 Å². The minimum atomic E-state index is -0.156. The predicted molar refractivity (Wildman–Crippen MR) is 74.5 cm³/mol. The van der Waals surface area contributed by atoms with Crippen LogP contribution in [0.1, 0.15) is 51.8 Å². The fourth-order valence-electron chi connectivity index (χ4n) is 2.02. The quantitative estimate of drug-likeness (QED) is 0.703. The van der Waals surface area contributed by atoms with Gasteiger partial charge in [-0.2, -0.15) is 0 Å². The first-order valence-corrected chi connectivity index (χ1v) is 6.39. The summed E-state index contributed by atoms with van der Waals surface area (Å²) in [6.07, 6.45) is 0. The number of hydrogen-bond acceptors (Lipinski definition) is 1. The van der Waals surface area contributed by atoms with Crippen molar-refractivity contribution in [3.63, 3.8) is 0 Å². The largest absolute Gasteiger partial charge is 0.252 e. The first-order chi connectivity index (χ1) is 8.29. The van der Waals surface area contributed by atoms with Gasteiger partial charge in [-0.3, -0.25) is 4.98 Å². The normalized spacial score (nSPS) is 12.4. The topological polar surface area (TPSA) is 12.9 Å². The van der Waals surface area contributed by atoms with Gasteiger partial charge in [-0.05, 0) is 23.6 Å². The zero-order chi connectivity index (χ0) is 13.5. The second kappa shape index (κ2) is 4.34.